The van der Waals surface area contributed by atoms with Gasteiger partial charge in [-0.2, -0.15) is 5.26 Å². The van der Waals surface area contributed by atoms with E-state index >= 15 is 0 Å². The van der Waals surface area contributed by atoms with Crippen LogP contribution in [0.2, 0.25) is 0 Å². The first kappa shape index (κ1) is 21.9. The van der Waals surface area contributed by atoms with Gasteiger partial charge in [-0.3, -0.25) is 9.36 Å². The Bertz CT molecular complexity index is 1190. The highest BCUT2D eigenvalue weighted by atomic mass is 16.6. The lowest BCUT2D eigenvalue weighted by atomic mass is 9.95. The zero-order valence-corrected chi connectivity index (χ0v) is 16.9. The molecule has 0 saturated carbocycles. The van der Waals surface area contributed by atoms with Crippen LogP contribution in [0, 0.1) is 11.3 Å². The molecule has 32 heavy (non-hydrogen) atoms. The number of hydrogen-bond donors (Lipinski definition) is 4. The lowest BCUT2D eigenvalue weighted by Gasteiger charge is -2.41. The van der Waals surface area contributed by atoms with Gasteiger partial charge < -0.3 is 25.2 Å². The first-order chi connectivity index (χ1) is 15.5. The van der Waals surface area contributed by atoms with E-state index < -0.39 is 42.8 Å². The van der Waals surface area contributed by atoms with Crippen LogP contribution in [0.1, 0.15) is 11.8 Å². The van der Waals surface area contributed by atoms with Crippen molar-refractivity contribution >= 4 is 0 Å². The van der Waals surface area contributed by atoms with Crippen molar-refractivity contribution < 1.29 is 25.2 Å². The second-order valence-corrected chi connectivity index (χ2v) is 7.56. The first-order valence-electron chi connectivity index (χ1n) is 10.1. The molecule has 1 aliphatic rings. The molecule has 1 aromatic heterocycles. The number of rotatable bonds is 4. The summed E-state index contributed by atoms with van der Waals surface area (Å²) in [5.74, 6) is 0. The maximum atomic E-state index is 13.6. The number of hydrogen-bond acceptors (Lipinski definition) is 7. The number of benzene rings is 2. The quantitative estimate of drug-likeness (QED) is 0.481. The SMILES string of the molecule is N#Cc1c(-c2ccccc2)cc(-c2ccccc2)n([C@@H]2O[C@H](CO)[C@@H](O)[C@H](O)[C@H]2O)c1=O. The molecular formula is C24H22N2O6. The van der Waals surface area contributed by atoms with Crippen LogP contribution in [-0.2, 0) is 4.74 Å². The summed E-state index contributed by atoms with van der Waals surface area (Å²) in [6.07, 6.45) is -7.55. The van der Waals surface area contributed by atoms with E-state index in [0.29, 0.717) is 22.4 Å². The lowest BCUT2D eigenvalue weighted by molar-refractivity contribution is -0.251. The van der Waals surface area contributed by atoms with Crippen molar-refractivity contribution in [1.82, 2.24) is 4.57 Å². The Morgan fingerprint density at radius 3 is 2.06 bits per heavy atom. The van der Waals surface area contributed by atoms with E-state index in [1.54, 1.807) is 54.6 Å². The fourth-order valence-electron chi connectivity index (χ4n) is 3.96. The molecule has 0 unspecified atom stereocenters. The summed E-state index contributed by atoms with van der Waals surface area (Å²) < 4.78 is 6.75. The van der Waals surface area contributed by atoms with Crippen LogP contribution in [0.25, 0.3) is 22.4 Å². The van der Waals surface area contributed by atoms with Gasteiger partial charge in [0.25, 0.3) is 5.56 Å². The Balaban J connectivity index is 2.00. The van der Waals surface area contributed by atoms with Crippen LogP contribution < -0.4 is 5.56 Å². The molecule has 0 amide bonds. The van der Waals surface area contributed by atoms with Gasteiger partial charge in [-0.1, -0.05) is 60.7 Å². The van der Waals surface area contributed by atoms with Crippen molar-refractivity contribution in [2.75, 3.05) is 6.61 Å². The van der Waals surface area contributed by atoms with E-state index in [2.05, 4.69) is 0 Å². The molecule has 4 N–H and O–H groups in total. The number of nitrogens with zero attached hydrogens (tertiary/aromatic N) is 2. The van der Waals surface area contributed by atoms with E-state index in [-0.39, 0.29) is 5.56 Å². The highest BCUT2D eigenvalue weighted by Gasteiger charge is 2.45. The van der Waals surface area contributed by atoms with E-state index in [1.165, 1.54) is 0 Å². The topological polar surface area (TPSA) is 136 Å². The van der Waals surface area contributed by atoms with E-state index in [9.17, 15) is 30.5 Å². The van der Waals surface area contributed by atoms with E-state index in [0.717, 1.165) is 4.57 Å². The number of aromatic nitrogens is 1. The molecule has 0 radical (unpaired) electrons. The van der Waals surface area contributed by atoms with E-state index in [4.69, 9.17) is 4.74 Å². The number of aliphatic hydroxyl groups excluding tert-OH is 4. The largest absolute Gasteiger partial charge is 0.394 e. The number of pyridine rings is 1. The van der Waals surface area contributed by atoms with Crippen LogP contribution in [-0.4, -0.2) is 56.0 Å². The van der Waals surface area contributed by atoms with Gasteiger partial charge in [0.2, 0.25) is 0 Å². The molecule has 164 valence electrons. The molecule has 4 rings (SSSR count). The summed E-state index contributed by atoms with van der Waals surface area (Å²) in [4.78, 5) is 13.6. The van der Waals surface area contributed by atoms with Gasteiger partial charge in [0.15, 0.2) is 6.23 Å². The maximum Gasteiger partial charge on any atom is 0.271 e. The highest BCUT2D eigenvalue weighted by molar-refractivity contribution is 5.75. The molecule has 8 heteroatoms. The van der Waals surface area contributed by atoms with Gasteiger partial charge >= 0.3 is 0 Å². The molecule has 0 aliphatic carbocycles. The Hall–Kier alpha value is -3.32. The minimum Gasteiger partial charge on any atom is -0.394 e. The first-order valence-corrected chi connectivity index (χ1v) is 10.1. The van der Waals surface area contributed by atoms with Crippen molar-refractivity contribution in [3.8, 4) is 28.5 Å². The molecule has 1 aliphatic heterocycles. The average molecular weight is 434 g/mol. The molecule has 2 aromatic carbocycles. The summed E-state index contributed by atoms with van der Waals surface area (Å²) >= 11 is 0. The molecule has 0 bridgehead atoms. The van der Waals surface area contributed by atoms with Crippen molar-refractivity contribution in [2.24, 2.45) is 0 Å². The molecular weight excluding hydrogens is 412 g/mol. The monoisotopic (exact) mass is 434 g/mol. The van der Waals surface area contributed by atoms with Gasteiger partial charge in [-0.05, 0) is 17.2 Å². The Morgan fingerprint density at radius 2 is 1.50 bits per heavy atom. The van der Waals surface area contributed by atoms with Crippen LogP contribution in [0.5, 0.6) is 0 Å². The third-order valence-electron chi connectivity index (χ3n) is 5.63. The average Bonchev–Trinajstić information content (AvgIpc) is 2.84. The summed E-state index contributed by atoms with van der Waals surface area (Å²) in [7, 11) is 0. The van der Waals surface area contributed by atoms with Crippen LogP contribution in [0.4, 0.5) is 0 Å². The number of ether oxygens (including phenoxy) is 1. The molecule has 1 saturated heterocycles. The van der Waals surface area contributed by atoms with Crippen LogP contribution >= 0.6 is 0 Å². The number of aliphatic hydroxyl groups is 4. The number of nitriles is 1. The third kappa shape index (κ3) is 3.73. The van der Waals surface area contributed by atoms with Crippen LogP contribution in [0.15, 0.2) is 71.5 Å². The van der Waals surface area contributed by atoms with Gasteiger partial charge in [-0.25, -0.2) is 0 Å². The summed E-state index contributed by atoms with van der Waals surface area (Å²) in [6, 6.07) is 21.5. The summed E-state index contributed by atoms with van der Waals surface area (Å²) in [6.45, 7) is -0.635. The maximum absolute atomic E-state index is 13.6. The van der Waals surface area contributed by atoms with Gasteiger partial charge in [-0.15, -0.1) is 0 Å². The normalized spacial score (nSPS) is 25.3. The lowest BCUT2D eigenvalue weighted by Crippen LogP contribution is -2.57. The third-order valence-corrected chi connectivity index (χ3v) is 5.63. The second-order valence-electron chi connectivity index (χ2n) is 7.56. The molecule has 3 aromatic rings. The minimum atomic E-state index is -1.68. The van der Waals surface area contributed by atoms with Gasteiger partial charge in [0.1, 0.15) is 36.0 Å². The Kier molecular flexibility index (Phi) is 6.19. The molecule has 2 heterocycles. The molecule has 8 nitrogen and oxygen atoms in total. The van der Waals surface area contributed by atoms with Crippen molar-refractivity contribution in [1.29, 1.82) is 5.26 Å². The van der Waals surface area contributed by atoms with E-state index in [1.807, 2.05) is 18.2 Å². The zero-order valence-electron chi connectivity index (χ0n) is 16.9. The summed E-state index contributed by atoms with van der Waals surface area (Å²) in [5, 5.41) is 50.4. The molecule has 0 spiro atoms. The molecule has 5 atom stereocenters. The molecule has 1 fully saturated rings. The standard InChI is InChI=1S/C24H22N2O6/c25-12-17-16(14-7-3-1-4-8-14)11-18(15-9-5-2-6-10-15)26(23(17)31)24-22(30)21(29)20(28)19(13-27)32-24/h1-11,19-22,24,27-30H,13H2/t19-,20-,21+,22-,24-/m1/s1. The second kappa shape index (κ2) is 9.04. The Morgan fingerprint density at radius 1 is 0.906 bits per heavy atom. The van der Waals surface area contributed by atoms with Crippen molar-refractivity contribution in [3.63, 3.8) is 0 Å². The summed E-state index contributed by atoms with van der Waals surface area (Å²) in [5.41, 5.74) is 1.16. The van der Waals surface area contributed by atoms with Crippen molar-refractivity contribution in [3.05, 3.63) is 82.6 Å². The fourth-order valence-corrected chi connectivity index (χ4v) is 3.96. The van der Waals surface area contributed by atoms with Crippen molar-refractivity contribution in [2.45, 2.75) is 30.6 Å². The predicted octanol–water partition coefficient (Wildman–Crippen LogP) is 1.03. The highest BCUT2D eigenvalue weighted by Crippen LogP contribution is 2.34. The van der Waals surface area contributed by atoms with Crippen LogP contribution in [0.3, 0.4) is 0 Å². The Labute approximate surface area is 183 Å². The predicted molar refractivity (Wildman–Crippen MR) is 115 cm³/mol. The van der Waals surface area contributed by atoms with Gasteiger partial charge in [0.05, 0.1) is 12.3 Å². The fraction of sp³-hybridized carbons (Fsp3) is 0.250. The minimum absolute atomic E-state index is 0.159. The van der Waals surface area contributed by atoms with Gasteiger partial charge in [0, 0.05) is 5.56 Å². The smallest absolute Gasteiger partial charge is 0.271 e. The zero-order chi connectivity index (χ0) is 22.8.